The van der Waals surface area contributed by atoms with Crippen LogP contribution in [0.25, 0.3) is 22.0 Å². The summed E-state index contributed by atoms with van der Waals surface area (Å²) in [6.45, 7) is -0.0339. The van der Waals surface area contributed by atoms with Crippen molar-refractivity contribution in [3.63, 3.8) is 0 Å². The monoisotopic (exact) mass is 431 g/mol. The molecule has 0 aliphatic carbocycles. The number of carbonyl (C=O) groups excluding carboxylic acids is 2. The third-order valence-electron chi connectivity index (χ3n) is 4.86. The summed E-state index contributed by atoms with van der Waals surface area (Å²) in [5, 5.41) is 9.95. The minimum Gasteiger partial charge on any atom is -0.454 e. The molecule has 7 nitrogen and oxygen atoms in total. The number of carbonyl (C=O) groups is 2. The highest BCUT2D eigenvalue weighted by molar-refractivity contribution is 7.14. The molecule has 4 aromatic rings. The van der Waals surface area contributed by atoms with Gasteiger partial charge in [-0.1, -0.05) is 42.5 Å². The number of nitrogens with one attached hydrogen (secondary N) is 2. The molecule has 8 heteroatoms. The number of aromatic nitrogens is 1. The van der Waals surface area contributed by atoms with Crippen molar-refractivity contribution in [1.29, 1.82) is 0 Å². The normalized spacial score (nSPS) is 12.0. The summed E-state index contributed by atoms with van der Waals surface area (Å²) in [5.41, 5.74) is 2.19. The second-order valence-electron chi connectivity index (χ2n) is 6.86. The van der Waals surface area contributed by atoms with Crippen molar-refractivity contribution < 1.29 is 19.1 Å². The number of anilines is 1. The average Bonchev–Trinajstić information content (AvgIpc) is 3.46. The molecule has 1 aliphatic rings. The Morgan fingerprint density at radius 2 is 1.84 bits per heavy atom. The first-order valence-corrected chi connectivity index (χ1v) is 10.5. The van der Waals surface area contributed by atoms with Gasteiger partial charge in [0, 0.05) is 16.5 Å². The Bertz CT molecular complexity index is 1300. The van der Waals surface area contributed by atoms with Crippen LogP contribution in [-0.4, -0.2) is 30.1 Å². The van der Waals surface area contributed by atoms with E-state index >= 15 is 0 Å². The van der Waals surface area contributed by atoms with Crippen LogP contribution in [0.15, 0.2) is 66.0 Å². The summed E-state index contributed by atoms with van der Waals surface area (Å²) in [7, 11) is 0. The Balaban J connectivity index is 1.22. The molecule has 2 N–H and O–H groups in total. The first kappa shape index (κ1) is 19.1. The smallest absolute Gasteiger partial charge is 0.251 e. The van der Waals surface area contributed by atoms with E-state index in [1.807, 2.05) is 35.7 Å². The molecular formula is C23H17N3O4S. The lowest BCUT2D eigenvalue weighted by Crippen LogP contribution is -2.32. The van der Waals surface area contributed by atoms with Gasteiger partial charge < -0.3 is 20.1 Å². The summed E-state index contributed by atoms with van der Waals surface area (Å²) in [5.74, 6) is 0.387. The van der Waals surface area contributed by atoms with Gasteiger partial charge in [-0.2, -0.15) is 0 Å². The number of nitrogens with zero attached hydrogens (tertiary/aromatic N) is 1. The van der Waals surface area contributed by atoms with E-state index in [1.165, 1.54) is 11.3 Å². The zero-order valence-electron chi connectivity index (χ0n) is 16.3. The molecule has 0 saturated carbocycles. The Hall–Kier alpha value is -3.91. The first-order valence-electron chi connectivity index (χ1n) is 9.59. The summed E-state index contributed by atoms with van der Waals surface area (Å²) in [4.78, 5) is 29.1. The number of fused-ring (bicyclic) bond motifs is 2. The zero-order chi connectivity index (χ0) is 21.2. The van der Waals surface area contributed by atoms with E-state index in [2.05, 4.69) is 27.8 Å². The topological polar surface area (TPSA) is 89.6 Å². The van der Waals surface area contributed by atoms with Gasteiger partial charge in [0.1, 0.15) is 0 Å². The lowest BCUT2D eigenvalue weighted by atomic mass is 10.0. The summed E-state index contributed by atoms with van der Waals surface area (Å²) >= 11 is 1.34. The third kappa shape index (κ3) is 3.93. The molecule has 1 aliphatic heterocycles. The van der Waals surface area contributed by atoms with E-state index in [4.69, 9.17) is 9.47 Å². The van der Waals surface area contributed by atoms with Crippen molar-refractivity contribution in [2.75, 3.05) is 18.7 Å². The largest absolute Gasteiger partial charge is 0.454 e. The highest BCUT2D eigenvalue weighted by Crippen LogP contribution is 2.33. The van der Waals surface area contributed by atoms with Crippen molar-refractivity contribution in [1.82, 2.24) is 10.3 Å². The minimum absolute atomic E-state index is 0.136. The van der Waals surface area contributed by atoms with Crippen LogP contribution in [0, 0.1) is 0 Å². The van der Waals surface area contributed by atoms with Crippen LogP contribution in [0.4, 0.5) is 5.13 Å². The van der Waals surface area contributed by atoms with Gasteiger partial charge in [-0.25, -0.2) is 4.98 Å². The van der Waals surface area contributed by atoms with Crippen LogP contribution in [0.2, 0.25) is 0 Å². The molecule has 2 heterocycles. The van der Waals surface area contributed by atoms with E-state index in [9.17, 15) is 9.59 Å². The Morgan fingerprint density at radius 1 is 1.00 bits per heavy atom. The first-order chi connectivity index (χ1) is 15.2. The van der Waals surface area contributed by atoms with Crippen molar-refractivity contribution >= 4 is 39.1 Å². The average molecular weight is 431 g/mol. The van der Waals surface area contributed by atoms with Gasteiger partial charge in [-0.05, 0) is 29.0 Å². The summed E-state index contributed by atoms with van der Waals surface area (Å²) in [6, 6.07) is 19.0. The van der Waals surface area contributed by atoms with Crippen molar-refractivity contribution in [2.24, 2.45) is 0 Å². The lowest BCUT2D eigenvalue weighted by molar-refractivity contribution is -0.115. The van der Waals surface area contributed by atoms with E-state index in [0.29, 0.717) is 22.2 Å². The Labute approximate surface area is 181 Å². The van der Waals surface area contributed by atoms with E-state index < -0.39 is 0 Å². The maximum Gasteiger partial charge on any atom is 0.251 e. The van der Waals surface area contributed by atoms with Gasteiger partial charge in [0.25, 0.3) is 5.91 Å². The standard InChI is InChI=1S/C23H17N3O4S/c27-21(11-24-22(28)15-8-9-19-20(10-15)30-13-29-19)26-23-25-18(12-31-23)17-7-3-5-14-4-1-2-6-16(14)17/h1-10,12H,11,13H2,(H,24,28)(H,25,26,27). The maximum atomic E-state index is 12.3. The fraction of sp³-hybridized carbons (Fsp3) is 0.0870. The molecule has 0 unspecified atom stereocenters. The highest BCUT2D eigenvalue weighted by Gasteiger charge is 2.17. The molecule has 0 bridgehead atoms. The molecule has 154 valence electrons. The van der Waals surface area contributed by atoms with Crippen molar-refractivity contribution in [3.05, 3.63) is 71.6 Å². The van der Waals surface area contributed by atoms with Crippen LogP contribution in [0.1, 0.15) is 10.4 Å². The van der Waals surface area contributed by atoms with Crippen LogP contribution in [0.3, 0.4) is 0 Å². The molecule has 0 atom stereocenters. The van der Waals surface area contributed by atoms with E-state index in [1.54, 1.807) is 18.2 Å². The van der Waals surface area contributed by atoms with Crippen LogP contribution < -0.4 is 20.1 Å². The molecule has 3 aromatic carbocycles. The molecule has 5 rings (SSSR count). The molecule has 0 saturated heterocycles. The Kier molecular flexibility index (Phi) is 4.97. The second kappa shape index (κ2) is 8.08. The number of ether oxygens (including phenoxy) is 2. The van der Waals surface area contributed by atoms with Crippen LogP contribution in [-0.2, 0) is 4.79 Å². The molecule has 0 fully saturated rings. The van der Waals surface area contributed by atoms with Gasteiger partial charge in [-0.15, -0.1) is 11.3 Å². The van der Waals surface area contributed by atoms with Crippen molar-refractivity contribution in [2.45, 2.75) is 0 Å². The molecule has 31 heavy (non-hydrogen) atoms. The zero-order valence-corrected chi connectivity index (χ0v) is 17.1. The fourth-order valence-corrected chi connectivity index (χ4v) is 4.09. The van der Waals surface area contributed by atoms with E-state index in [0.717, 1.165) is 22.0 Å². The molecule has 0 radical (unpaired) electrons. The van der Waals surface area contributed by atoms with Gasteiger partial charge in [0.15, 0.2) is 16.6 Å². The van der Waals surface area contributed by atoms with Gasteiger partial charge in [0.2, 0.25) is 12.7 Å². The second-order valence-corrected chi connectivity index (χ2v) is 7.72. The molecule has 2 amide bonds. The number of hydrogen-bond acceptors (Lipinski definition) is 6. The Morgan fingerprint density at radius 3 is 2.77 bits per heavy atom. The quantitative estimate of drug-likeness (QED) is 0.497. The highest BCUT2D eigenvalue weighted by atomic mass is 32.1. The fourth-order valence-electron chi connectivity index (χ4n) is 3.37. The van der Waals surface area contributed by atoms with Gasteiger partial charge in [0.05, 0.1) is 12.2 Å². The number of hydrogen-bond donors (Lipinski definition) is 2. The number of amides is 2. The maximum absolute atomic E-state index is 12.3. The van der Waals surface area contributed by atoms with Gasteiger partial charge >= 0.3 is 0 Å². The summed E-state index contributed by atoms with van der Waals surface area (Å²) < 4.78 is 10.5. The third-order valence-corrected chi connectivity index (χ3v) is 5.62. The van der Waals surface area contributed by atoms with Crippen LogP contribution in [0.5, 0.6) is 11.5 Å². The summed E-state index contributed by atoms with van der Waals surface area (Å²) in [6.07, 6.45) is 0. The molecule has 1 aromatic heterocycles. The molecule has 0 spiro atoms. The number of benzene rings is 3. The van der Waals surface area contributed by atoms with Crippen LogP contribution >= 0.6 is 11.3 Å². The number of thiazole rings is 1. The molecular weight excluding hydrogens is 414 g/mol. The van der Waals surface area contributed by atoms with E-state index in [-0.39, 0.29) is 25.2 Å². The lowest BCUT2D eigenvalue weighted by Gasteiger charge is -2.06. The SMILES string of the molecule is O=C(CNC(=O)c1ccc2c(c1)OCO2)Nc1nc(-c2cccc3ccccc23)cs1. The predicted molar refractivity (Wildman–Crippen MR) is 119 cm³/mol. The number of rotatable bonds is 5. The van der Waals surface area contributed by atoms with Gasteiger partial charge in [-0.3, -0.25) is 9.59 Å². The van der Waals surface area contributed by atoms with Crippen molar-refractivity contribution in [3.8, 4) is 22.8 Å². The predicted octanol–water partition coefficient (Wildman–Crippen LogP) is 4.06. The minimum atomic E-state index is -0.371.